The first-order valence-corrected chi connectivity index (χ1v) is 7.98. The minimum Gasteiger partial charge on any atom is -0.396 e. The summed E-state index contributed by atoms with van der Waals surface area (Å²) in [6, 6.07) is 6.99. The van der Waals surface area contributed by atoms with Crippen molar-refractivity contribution in [1.29, 1.82) is 0 Å². The summed E-state index contributed by atoms with van der Waals surface area (Å²) in [5.74, 6) is 0. The standard InChI is InChI=1S/C18H29NO/c1-14-7-8-15(2)17(11-14)16(3)19-12-18(13-20)9-5-4-6-10-18/h7-8,11,16,19-20H,4-6,9-10,12-13H2,1-3H3. The van der Waals surface area contributed by atoms with Gasteiger partial charge in [0.15, 0.2) is 0 Å². The van der Waals surface area contributed by atoms with Gasteiger partial charge in [0.2, 0.25) is 0 Å². The van der Waals surface area contributed by atoms with Gasteiger partial charge in [-0.25, -0.2) is 0 Å². The molecule has 0 amide bonds. The molecule has 1 aliphatic carbocycles. The maximum absolute atomic E-state index is 9.78. The summed E-state index contributed by atoms with van der Waals surface area (Å²) < 4.78 is 0. The van der Waals surface area contributed by atoms with Crippen molar-refractivity contribution in [3.8, 4) is 0 Å². The number of rotatable bonds is 5. The van der Waals surface area contributed by atoms with E-state index >= 15 is 0 Å². The molecule has 2 N–H and O–H groups in total. The lowest BCUT2D eigenvalue weighted by atomic mass is 9.74. The van der Waals surface area contributed by atoms with Crippen LogP contribution in [-0.4, -0.2) is 18.3 Å². The van der Waals surface area contributed by atoms with Crippen LogP contribution in [0.25, 0.3) is 0 Å². The Morgan fingerprint density at radius 3 is 2.55 bits per heavy atom. The van der Waals surface area contributed by atoms with Crippen LogP contribution in [-0.2, 0) is 0 Å². The second-order valence-corrected chi connectivity index (χ2v) is 6.68. The van der Waals surface area contributed by atoms with E-state index < -0.39 is 0 Å². The first kappa shape index (κ1) is 15.5. The van der Waals surface area contributed by atoms with Crippen molar-refractivity contribution in [2.75, 3.05) is 13.2 Å². The van der Waals surface area contributed by atoms with E-state index in [2.05, 4.69) is 44.3 Å². The zero-order valence-corrected chi connectivity index (χ0v) is 13.2. The second kappa shape index (κ2) is 6.73. The molecule has 2 heteroatoms. The molecule has 1 atom stereocenters. The fourth-order valence-electron chi connectivity index (χ4n) is 3.40. The van der Waals surface area contributed by atoms with Crippen molar-refractivity contribution < 1.29 is 5.11 Å². The lowest BCUT2D eigenvalue weighted by molar-refractivity contribution is 0.0788. The van der Waals surface area contributed by atoms with Crippen molar-refractivity contribution in [3.63, 3.8) is 0 Å². The van der Waals surface area contributed by atoms with E-state index in [9.17, 15) is 5.11 Å². The number of aliphatic hydroxyl groups is 1. The zero-order chi connectivity index (χ0) is 14.6. The molecule has 1 aromatic carbocycles. The van der Waals surface area contributed by atoms with Crippen LogP contribution < -0.4 is 5.32 Å². The van der Waals surface area contributed by atoms with Crippen LogP contribution in [0.2, 0.25) is 0 Å². The van der Waals surface area contributed by atoms with E-state index in [4.69, 9.17) is 0 Å². The van der Waals surface area contributed by atoms with Crippen molar-refractivity contribution in [3.05, 3.63) is 34.9 Å². The predicted molar refractivity (Wildman–Crippen MR) is 84.9 cm³/mol. The summed E-state index contributed by atoms with van der Waals surface area (Å²) in [5.41, 5.74) is 4.16. The minimum absolute atomic E-state index is 0.115. The lowest BCUT2D eigenvalue weighted by Crippen LogP contribution is -2.40. The fraction of sp³-hybridized carbons (Fsp3) is 0.667. The molecule has 0 aliphatic heterocycles. The van der Waals surface area contributed by atoms with Crippen LogP contribution in [0.4, 0.5) is 0 Å². The number of nitrogens with one attached hydrogen (secondary N) is 1. The van der Waals surface area contributed by atoms with Gasteiger partial charge in [0, 0.05) is 24.6 Å². The largest absolute Gasteiger partial charge is 0.396 e. The normalized spacial score (nSPS) is 19.8. The van der Waals surface area contributed by atoms with Gasteiger partial charge in [-0.15, -0.1) is 0 Å². The summed E-state index contributed by atoms with van der Waals surface area (Å²) in [6.07, 6.45) is 6.18. The first-order valence-electron chi connectivity index (χ1n) is 7.98. The Labute approximate surface area is 123 Å². The highest BCUT2D eigenvalue weighted by atomic mass is 16.3. The predicted octanol–water partition coefficient (Wildman–Crippen LogP) is 3.90. The molecule has 0 aromatic heterocycles. The fourth-order valence-corrected chi connectivity index (χ4v) is 3.40. The Bertz CT molecular complexity index is 435. The summed E-state index contributed by atoms with van der Waals surface area (Å²) in [5, 5.41) is 13.5. The second-order valence-electron chi connectivity index (χ2n) is 6.68. The van der Waals surface area contributed by atoms with Crippen LogP contribution in [0.1, 0.15) is 61.8 Å². The van der Waals surface area contributed by atoms with E-state index in [1.165, 1.54) is 36.0 Å². The summed E-state index contributed by atoms with van der Waals surface area (Å²) in [6.45, 7) is 7.80. The molecule has 1 unspecified atom stereocenters. The quantitative estimate of drug-likeness (QED) is 0.854. The van der Waals surface area contributed by atoms with Gasteiger partial charge in [-0.1, -0.05) is 43.0 Å². The molecule has 112 valence electrons. The Kier molecular flexibility index (Phi) is 5.22. The summed E-state index contributed by atoms with van der Waals surface area (Å²) in [7, 11) is 0. The van der Waals surface area contributed by atoms with Crippen LogP contribution in [0, 0.1) is 19.3 Å². The van der Waals surface area contributed by atoms with Gasteiger partial charge in [-0.05, 0) is 44.7 Å². The summed E-state index contributed by atoms with van der Waals surface area (Å²) >= 11 is 0. The molecule has 2 rings (SSSR count). The molecule has 0 saturated heterocycles. The smallest absolute Gasteiger partial charge is 0.0499 e. The zero-order valence-electron chi connectivity index (χ0n) is 13.2. The van der Waals surface area contributed by atoms with E-state index in [1.54, 1.807) is 0 Å². The molecule has 1 aromatic rings. The molecule has 1 aliphatic rings. The Morgan fingerprint density at radius 1 is 1.20 bits per heavy atom. The number of hydrogen-bond donors (Lipinski definition) is 2. The van der Waals surface area contributed by atoms with E-state index in [0.717, 1.165) is 19.4 Å². The van der Waals surface area contributed by atoms with Crippen molar-refractivity contribution in [2.24, 2.45) is 5.41 Å². The van der Waals surface area contributed by atoms with Crippen LogP contribution in [0.3, 0.4) is 0 Å². The average Bonchev–Trinajstić information content (AvgIpc) is 2.48. The molecule has 0 spiro atoms. The molecule has 0 heterocycles. The first-order chi connectivity index (χ1) is 9.56. The highest BCUT2D eigenvalue weighted by Crippen LogP contribution is 2.35. The third-order valence-corrected chi connectivity index (χ3v) is 4.93. The Balaban J connectivity index is 2.00. The SMILES string of the molecule is Cc1ccc(C)c(C(C)NCC2(CO)CCCCC2)c1. The average molecular weight is 275 g/mol. The molecular formula is C18H29NO. The van der Waals surface area contributed by atoms with Crippen LogP contribution >= 0.6 is 0 Å². The van der Waals surface area contributed by atoms with Gasteiger partial charge < -0.3 is 10.4 Å². The highest BCUT2D eigenvalue weighted by Gasteiger charge is 2.31. The Morgan fingerprint density at radius 2 is 1.90 bits per heavy atom. The molecule has 1 saturated carbocycles. The third kappa shape index (κ3) is 3.62. The summed E-state index contributed by atoms with van der Waals surface area (Å²) in [4.78, 5) is 0. The van der Waals surface area contributed by atoms with E-state index in [-0.39, 0.29) is 5.41 Å². The number of aliphatic hydroxyl groups excluding tert-OH is 1. The highest BCUT2D eigenvalue weighted by molar-refractivity contribution is 5.32. The monoisotopic (exact) mass is 275 g/mol. The number of hydrogen-bond acceptors (Lipinski definition) is 2. The minimum atomic E-state index is 0.115. The molecular weight excluding hydrogens is 246 g/mol. The lowest BCUT2D eigenvalue weighted by Gasteiger charge is -2.37. The van der Waals surface area contributed by atoms with E-state index in [1.807, 2.05) is 0 Å². The third-order valence-electron chi connectivity index (χ3n) is 4.93. The maximum Gasteiger partial charge on any atom is 0.0499 e. The van der Waals surface area contributed by atoms with Gasteiger partial charge in [-0.2, -0.15) is 0 Å². The van der Waals surface area contributed by atoms with E-state index in [0.29, 0.717) is 12.6 Å². The van der Waals surface area contributed by atoms with Gasteiger partial charge in [0.1, 0.15) is 0 Å². The van der Waals surface area contributed by atoms with Crippen LogP contribution in [0.5, 0.6) is 0 Å². The van der Waals surface area contributed by atoms with Gasteiger partial charge >= 0.3 is 0 Å². The Hall–Kier alpha value is -0.860. The van der Waals surface area contributed by atoms with Gasteiger partial charge in [-0.3, -0.25) is 0 Å². The number of benzene rings is 1. The molecule has 0 bridgehead atoms. The van der Waals surface area contributed by atoms with Crippen molar-refractivity contribution >= 4 is 0 Å². The topological polar surface area (TPSA) is 32.3 Å². The number of aryl methyl sites for hydroxylation is 2. The molecule has 1 fully saturated rings. The van der Waals surface area contributed by atoms with Crippen molar-refractivity contribution in [2.45, 2.75) is 58.9 Å². The molecule has 2 nitrogen and oxygen atoms in total. The van der Waals surface area contributed by atoms with Gasteiger partial charge in [0.25, 0.3) is 0 Å². The molecule has 0 radical (unpaired) electrons. The van der Waals surface area contributed by atoms with Gasteiger partial charge in [0.05, 0.1) is 0 Å². The van der Waals surface area contributed by atoms with Crippen molar-refractivity contribution in [1.82, 2.24) is 5.32 Å². The maximum atomic E-state index is 9.78. The molecule has 20 heavy (non-hydrogen) atoms. The van der Waals surface area contributed by atoms with Crippen LogP contribution in [0.15, 0.2) is 18.2 Å².